The van der Waals surface area contributed by atoms with Gasteiger partial charge in [-0.1, -0.05) is 30.3 Å². The zero-order valence-electron chi connectivity index (χ0n) is 19.5. The molecular formula is C25H31N3O5. The number of benzene rings is 2. The molecule has 0 spiro atoms. The first-order valence-electron chi connectivity index (χ1n) is 11.1. The molecule has 0 unspecified atom stereocenters. The van der Waals surface area contributed by atoms with Crippen molar-refractivity contribution in [3.05, 3.63) is 65.7 Å². The first-order valence-corrected chi connectivity index (χ1v) is 11.1. The van der Waals surface area contributed by atoms with E-state index in [1.165, 1.54) is 0 Å². The predicted molar refractivity (Wildman–Crippen MR) is 124 cm³/mol. The Balaban J connectivity index is 1.43. The van der Waals surface area contributed by atoms with Gasteiger partial charge in [0.05, 0.1) is 18.7 Å². The minimum absolute atomic E-state index is 0.184. The van der Waals surface area contributed by atoms with E-state index in [4.69, 9.17) is 14.2 Å². The van der Waals surface area contributed by atoms with Crippen LogP contribution in [0.4, 0.5) is 5.69 Å². The molecule has 3 atom stereocenters. The van der Waals surface area contributed by atoms with Crippen molar-refractivity contribution in [3.63, 3.8) is 0 Å². The van der Waals surface area contributed by atoms with Gasteiger partial charge in [-0.15, -0.1) is 0 Å². The van der Waals surface area contributed by atoms with Crippen LogP contribution in [-0.4, -0.2) is 69.2 Å². The molecule has 0 aliphatic carbocycles. The maximum atomic E-state index is 12.9. The van der Waals surface area contributed by atoms with Crippen molar-refractivity contribution in [2.75, 3.05) is 38.7 Å². The van der Waals surface area contributed by atoms with Crippen molar-refractivity contribution in [1.82, 2.24) is 10.6 Å². The Morgan fingerprint density at radius 2 is 1.70 bits per heavy atom. The minimum atomic E-state index is -0.828. The molecule has 0 saturated carbocycles. The number of nitrogens with one attached hydrogen (secondary N) is 2. The van der Waals surface area contributed by atoms with Crippen molar-refractivity contribution in [2.24, 2.45) is 0 Å². The van der Waals surface area contributed by atoms with Gasteiger partial charge in [-0.25, -0.2) is 0 Å². The standard InChI is InChI=1S/C25H31N3O5/c1-24(2)32-21-20(14-26-23(30)18-12-8-9-13-19(18)28(3)4)31-16-25(21,33-24)15-27-22(29)17-10-6-5-7-11-17/h5-13,20-21H,14-16H2,1-4H3,(H,26,30)(H,27,29)/t20-,21-,25+/m1/s1. The Kier molecular flexibility index (Phi) is 6.43. The van der Waals surface area contributed by atoms with Gasteiger partial charge in [0, 0.05) is 31.9 Å². The lowest BCUT2D eigenvalue weighted by molar-refractivity contribution is -0.188. The molecule has 8 nitrogen and oxygen atoms in total. The fraction of sp³-hybridized carbons (Fsp3) is 0.440. The Bertz CT molecular complexity index is 1010. The third-order valence-corrected chi connectivity index (χ3v) is 5.94. The van der Waals surface area contributed by atoms with Gasteiger partial charge in [0.2, 0.25) is 0 Å². The summed E-state index contributed by atoms with van der Waals surface area (Å²) in [4.78, 5) is 27.4. The highest BCUT2D eigenvalue weighted by molar-refractivity contribution is 5.99. The van der Waals surface area contributed by atoms with E-state index in [1.54, 1.807) is 18.2 Å². The normalized spacial score (nSPS) is 25.3. The molecule has 2 aliphatic rings. The molecule has 33 heavy (non-hydrogen) atoms. The van der Waals surface area contributed by atoms with E-state index in [1.807, 2.05) is 69.2 Å². The molecule has 2 amide bonds. The van der Waals surface area contributed by atoms with Crippen LogP contribution in [0.1, 0.15) is 34.6 Å². The van der Waals surface area contributed by atoms with Crippen LogP contribution in [-0.2, 0) is 14.2 Å². The fourth-order valence-electron chi connectivity index (χ4n) is 4.47. The van der Waals surface area contributed by atoms with Crippen molar-refractivity contribution in [3.8, 4) is 0 Å². The van der Waals surface area contributed by atoms with Gasteiger partial charge < -0.3 is 29.7 Å². The van der Waals surface area contributed by atoms with E-state index in [-0.39, 0.29) is 31.5 Å². The number of fused-ring (bicyclic) bond motifs is 1. The van der Waals surface area contributed by atoms with E-state index in [0.29, 0.717) is 11.1 Å². The molecule has 2 aromatic rings. The summed E-state index contributed by atoms with van der Waals surface area (Å²) < 4.78 is 18.4. The zero-order valence-corrected chi connectivity index (χ0v) is 19.5. The Labute approximate surface area is 194 Å². The molecule has 0 aromatic heterocycles. The van der Waals surface area contributed by atoms with Crippen molar-refractivity contribution >= 4 is 17.5 Å². The third-order valence-electron chi connectivity index (χ3n) is 5.94. The zero-order chi connectivity index (χ0) is 23.6. The van der Waals surface area contributed by atoms with Gasteiger partial charge >= 0.3 is 0 Å². The molecule has 2 aliphatic heterocycles. The van der Waals surface area contributed by atoms with Crippen LogP contribution in [0.3, 0.4) is 0 Å². The maximum absolute atomic E-state index is 12.9. The van der Waals surface area contributed by atoms with Gasteiger partial charge in [-0.3, -0.25) is 9.59 Å². The van der Waals surface area contributed by atoms with Gasteiger partial charge in [-0.05, 0) is 38.1 Å². The molecule has 2 aromatic carbocycles. The first-order chi connectivity index (χ1) is 15.7. The van der Waals surface area contributed by atoms with Crippen LogP contribution >= 0.6 is 0 Å². The van der Waals surface area contributed by atoms with Crippen molar-refractivity contribution < 1.29 is 23.8 Å². The minimum Gasteiger partial charge on any atom is -0.377 e. The smallest absolute Gasteiger partial charge is 0.253 e. The average molecular weight is 454 g/mol. The van der Waals surface area contributed by atoms with E-state index in [0.717, 1.165) is 5.69 Å². The van der Waals surface area contributed by atoms with Crippen LogP contribution in [0, 0.1) is 0 Å². The molecule has 0 bridgehead atoms. The summed E-state index contributed by atoms with van der Waals surface area (Å²) in [6.07, 6.45) is -0.844. The second-order valence-corrected chi connectivity index (χ2v) is 9.12. The molecular weight excluding hydrogens is 422 g/mol. The molecule has 2 N–H and O–H groups in total. The van der Waals surface area contributed by atoms with Crippen molar-refractivity contribution in [2.45, 2.75) is 37.4 Å². The predicted octanol–water partition coefficient (Wildman–Crippen LogP) is 2.20. The number of ether oxygens (including phenoxy) is 3. The Hall–Kier alpha value is -2.94. The van der Waals surface area contributed by atoms with Crippen LogP contribution in [0.2, 0.25) is 0 Å². The van der Waals surface area contributed by atoms with E-state index >= 15 is 0 Å². The van der Waals surface area contributed by atoms with Crippen LogP contribution in [0.5, 0.6) is 0 Å². The number of carbonyl (C=O) groups is 2. The highest BCUT2D eigenvalue weighted by atomic mass is 16.8. The number of rotatable bonds is 7. The van der Waals surface area contributed by atoms with Crippen LogP contribution < -0.4 is 15.5 Å². The molecule has 2 heterocycles. The van der Waals surface area contributed by atoms with E-state index < -0.39 is 23.6 Å². The summed E-state index contributed by atoms with van der Waals surface area (Å²) in [5.74, 6) is -1.20. The van der Waals surface area contributed by atoms with Crippen LogP contribution in [0.25, 0.3) is 0 Å². The summed E-state index contributed by atoms with van der Waals surface area (Å²) in [6, 6.07) is 16.5. The molecule has 4 rings (SSSR count). The highest BCUT2D eigenvalue weighted by Gasteiger charge is 2.61. The average Bonchev–Trinajstić information content (AvgIpc) is 3.26. The lowest BCUT2D eigenvalue weighted by Gasteiger charge is -2.27. The lowest BCUT2D eigenvalue weighted by atomic mass is 9.96. The summed E-state index contributed by atoms with van der Waals surface area (Å²) in [5, 5.41) is 5.93. The number of hydrogen-bond acceptors (Lipinski definition) is 6. The number of nitrogens with zero attached hydrogens (tertiary/aromatic N) is 1. The Morgan fingerprint density at radius 3 is 2.42 bits per heavy atom. The number of anilines is 1. The van der Waals surface area contributed by atoms with Crippen molar-refractivity contribution in [1.29, 1.82) is 0 Å². The Morgan fingerprint density at radius 1 is 1.00 bits per heavy atom. The quantitative estimate of drug-likeness (QED) is 0.668. The molecule has 2 fully saturated rings. The van der Waals surface area contributed by atoms with Gasteiger partial charge in [0.15, 0.2) is 5.79 Å². The SMILES string of the molecule is CN(C)c1ccccc1C(=O)NC[C@H]1OC[C@]2(CNC(=O)c3ccccc3)OC(C)(C)O[C@H]12. The lowest BCUT2D eigenvalue weighted by Crippen LogP contribution is -2.52. The highest BCUT2D eigenvalue weighted by Crippen LogP contribution is 2.43. The second kappa shape index (κ2) is 9.13. The largest absolute Gasteiger partial charge is 0.377 e. The van der Waals surface area contributed by atoms with E-state index in [2.05, 4.69) is 10.6 Å². The van der Waals surface area contributed by atoms with Gasteiger partial charge in [0.1, 0.15) is 17.8 Å². The second-order valence-electron chi connectivity index (χ2n) is 9.12. The summed E-state index contributed by atoms with van der Waals surface area (Å²) in [6.45, 7) is 4.44. The van der Waals surface area contributed by atoms with Crippen LogP contribution in [0.15, 0.2) is 54.6 Å². The summed E-state index contributed by atoms with van der Waals surface area (Å²) in [5.41, 5.74) is 1.17. The summed E-state index contributed by atoms with van der Waals surface area (Å²) >= 11 is 0. The monoisotopic (exact) mass is 453 g/mol. The first kappa shape index (κ1) is 23.2. The molecule has 2 saturated heterocycles. The fourth-order valence-corrected chi connectivity index (χ4v) is 4.47. The number of carbonyl (C=O) groups excluding carboxylic acids is 2. The summed E-state index contributed by atoms with van der Waals surface area (Å²) in [7, 11) is 3.80. The molecule has 176 valence electrons. The number of para-hydroxylation sites is 1. The third kappa shape index (κ3) is 4.88. The topological polar surface area (TPSA) is 89.1 Å². The molecule has 8 heteroatoms. The number of hydrogen-bond donors (Lipinski definition) is 2. The molecule has 0 radical (unpaired) electrons. The van der Waals surface area contributed by atoms with E-state index in [9.17, 15) is 9.59 Å². The van der Waals surface area contributed by atoms with Gasteiger partial charge in [0.25, 0.3) is 11.8 Å². The van der Waals surface area contributed by atoms with Gasteiger partial charge in [-0.2, -0.15) is 0 Å². The maximum Gasteiger partial charge on any atom is 0.253 e. The number of amides is 2.